The molecule has 3 rings (SSSR count). The maximum Gasteiger partial charge on any atom is 0.312 e. The van der Waals surface area contributed by atoms with E-state index in [9.17, 15) is 14.9 Å². The molecule has 0 aliphatic rings. The minimum absolute atomic E-state index is 0.00493. The predicted molar refractivity (Wildman–Crippen MR) is 105 cm³/mol. The summed E-state index contributed by atoms with van der Waals surface area (Å²) in [7, 11) is 1.78. The summed E-state index contributed by atoms with van der Waals surface area (Å²) in [6, 6.07) is 6.72. The standard InChI is InChI=1S/C17H17ClN6O3S/c1-10-16(24(26)27)11(2)23(21-10)8-15-19-20-17(22(15)3)28-9-14(25)12-4-6-13(18)7-5-12/h4-7H,8-9H2,1-3H3. The molecule has 146 valence electrons. The van der Waals surface area contributed by atoms with E-state index in [1.807, 2.05) is 0 Å². The van der Waals surface area contributed by atoms with Gasteiger partial charge < -0.3 is 4.57 Å². The van der Waals surface area contributed by atoms with E-state index in [2.05, 4.69) is 15.3 Å². The number of aromatic nitrogens is 5. The van der Waals surface area contributed by atoms with Gasteiger partial charge in [-0.3, -0.25) is 19.6 Å². The highest BCUT2D eigenvalue weighted by Gasteiger charge is 2.23. The van der Waals surface area contributed by atoms with Crippen LogP contribution in [0.2, 0.25) is 5.02 Å². The molecule has 0 aliphatic heterocycles. The molecule has 3 aromatic rings. The monoisotopic (exact) mass is 420 g/mol. The Morgan fingerprint density at radius 1 is 1.25 bits per heavy atom. The highest BCUT2D eigenvalue weighted by molar-refractivity contribution is 7.99. The van der Waals surface area contributed by atoms with Crippen LogP contribution in [0.5, 0.6) is 0 Å². The van der Waals surface area contributed by atoms with Crippen molar-refractivity contribution in [1.82, 2.24) is 24.5 Å². The number of ketones is 1. The van der Waals surface area contributed by atoms with Crippen molar-refractivity contribution in [2.24, 2.45) is 7.05 Å². The van der Waals surface area contributed by atoms with Crippen molar-refractivity contribution in [3.05, 3.63) is 62.2 Å². The summed E-state index contributed by atoms with van der Waals surface area (Å²) in [4.78, 5) is 23.0. The van der Waals surface area contributed by atoms with Crippen LogP contribution in [-0.2, 0) is 13.6 Å². The fourth-order valence-electron chi connectivity index (χ4n) is 2.70. The molecule has 0 amide bonds. The predicted octanol–water partition coefficient (Wildman–Crippen LogP) is 3.21. The van der Waals surface area contributed by atoms with Gasteiger partial charge in [0.2, 0.25) is 0 Å². The van der Waals surface area contributed by atoms with Gasteiger partial charge in [0, 0.05) is 17.6 Å². The van der Waals surface area contributed by atoms with Gasteiger partial charge in [-0.15, -0.1) is 10.2 Å². The van der Waals surface area contributed by atoms with Crippen LogP contribution in [0.3, 0.4) is 0 Å². The zero-order chi connectivity index (χ0) is 20.4. The number of thioether (sulfide) groups is 1. The Balaban J connectivity index is 1.70. The van der Waals surface area contributed by atoms with Crippen LogP contribution in [0.15, 0.2) is 29.4 Å². The number of halogens is 1. The van der Waals surface area contributed by atoms with E-state index >= 15 is 0 Å². The number of Topliss-reactive ketones (excluding diaryl/α,β-unsaturated/α-hetero) is 1. The van der Waals surface area contributed by atoms with Crippen LogP contribution in [0, 0.1) is 24.0 Å². The third kappa shape index (κ3) is 4.07. The van der Waals surface area contributed by atoms with Gasteiger partial charge >= 0.3 is 5.69 Å². The third-order valence-electron chi connectivity index (χ3n) is 4.24. The lowest BCUT2D eigenvalue weighted by molar-refractivity contribution is -0.386. The Morgan fingerprint density at radius 3 is 2.54 bits per heavy atom. The van der Waals surface area contributed by atoms with Gasteiger partial charge in [0.1, 0.15) is 17.9 Å². The second-order valence-corrected chi connectivity index (χ2v) is 7.49. The largest absolute Gasteiger partial charge is 0.312 e. The van der Waals surface area contributed by atoms with Gasteiger partial charge in [0.05, 0.1) is 10.7 Å². The van der Waals surface area contributed by atoms with Gasteiger partial charge in [-0.2, -0.15) is 5.10 Å². The zero-order valence-electron chi connectivity index (χ0n) is 15.4. The number of rotatable bonds is 7. The van der Waals surface area contributed by atoms with E-state index in [-0.39, 0.29) is 23.8 Å². The molecule has 9 nitrogen and oxygen atoms in total. The van der Waals surface area contributed by atoms with Crippen molar-refractivity contribution in [2.45, 2.75) is 25.5 Å². The summed E-state index contributed by atoms with van der Waals surface area (Å²) in [5, 5.41) is 24.8. The van der Waals surface area contributed by atoms with Crippen molar-refractivity contribution < 1.29 is 9.72 Å². The van der Waals surface area contributed by atoms with E-state index in [1.54, 1.807) is 49.7 Å². The molecule has 0 N–H and O–H groups in total. The van der Waals surface area contributed by atoms with E-state index in [0.717, 1.165) is 0 Å². The minimum Gasteiger partial charge on any atom is -0.308 e. The number of nitrogens with zero attached hydrogens (tertiary/aromatic N) is 6. The quantitative estimate of drug-likeness (QED) is 0.250. The molecule has 1 aromatic carbocycles. The summed E-state index contributed by atoms with van der Waals surface area (Å²) >= 11 is 7.11. The lowest BCUT2D eigenvalue weighted by Crippen LogP contribution is -2.10. The summed E-state index contributed by atoms with van der Waals surface area (Å²) in [6.45, 7) is 3.49. The topological polar surface area (TPSA) is 109 Å². The molecule has 2 aromatic heterocycles. The molecule has 0 spiro atoms. The molecular weight excluding hydrogens is 404 g/mol. The van der Waals surface area contributed by atoms with Crippen molar-refractivity contribution in [3.63, 3.8) is 0 Å². The van der Waals surface area contributed by atoms with Crippen molar-refractivity contribution in [3.8, 4) is 0 Å². The Kier molecular flexibility index (Phi) is 5.80. The number of aryl methyl sites for hydroxylation is 1. The molecule has 0 radical (unpaired) electrons. The first-order valence-electron chi connectivity index (χ1n) is 8.26. The normalized spacial score (nSPS) is 11.0. The Bertz CT molecular complexity index is 1040. The molecule has 0 unspecified atom stereocenters. The molecule has 0 atom stereocenters. The van der Waals surface area contributed by atoms with Gasteiger partial charge in [0.15, 0.2) is 16.8 Å². The number of carbonyl (C=O) groups excluding carboxylic acids is 1. The number of benzene rings is 1. The number of nitro groups is 1. The molecule has 0 saturated carbocycles. The summed E-state index contributed by atoms with van der Waals surface area (Å²) in [5.41, 5.74) is 1.39. The van der Waals surface area contributed by atoms with Gasteiger partial charge in [0.25, 0.3) is 0 Å². The van der Waals surface area contributed by atoms with Crippen molar-refractivity contribution in [1.29, 1.82) is 0 Å². The molecule has 0 fully saturated rings. The Labute approximate surface area is 169 Å². The molecule has 0 aliphatic carbocycles. The number of carbonyl (C=O) groups is 1. The first-order valence-corrected chi connectivity index (χ1v) is 9.62. The third-order valence-corrected chi connectivity index (χ3v) is 5.51. The smallest absolute Gasteiger partial charge is 0.308 e. The van der Waals surface area contributed by atoms with Crippen LogP contribution in [0.1, 0.15) is 27.6 Å². The summed E-state index contributed by atoms with van der Waals surface area (Å²) in [5.74, 6) is 0.751. The number of hydrogen-bond donors (Lipinski definition) is 0. The van der Waals surface area contributed by atoms with E-state index < -0.39 is 4.92 Å². The molecule has 0 bridgehead atoms. The fraction of sp³-hybridized carbons (Fsp3) is 0.294. The van der Waals surface area contributed by atoms with Crippen molar-refractivity contribution in [2.75, 3.05) is 5.75 Å². The van der Waals surface area contributed by atoms with Gasteiger partial charge in [-0.25, -0.2) is 0 Å². The SMILES string of the molecule is Cc1nn(Cc2nnc(SCC(=O)c3ccc(Cl)cc3)n2C)c(C)c1[N+](=O)[O-]. The van der Waals surface area contributed by atoms with Crippen molar-refractivity contribution >= 4 is 34.8 Å². The average molecular weight is 421 g/mol. The second kappa shape index (κ2) is 8.11. The summed E-state index contributed by atoms with van der Waals surface area (Å²) < 4.78 is 3.28. The van der Waals surface area contributed by atoms with Crippen LogP contribution in [-0.4, -0.2) is 41.0 Å². The van der Waals surface area contributed by atoms with Gasteiger partial charge in [-0.1, -0.05) is 23.4 Å². The summed E-state index contributed by atoms with van der Waals surface area (Å²) in [6.07, 6.45) is 0. The molecule has 28 heavy (non-hydrogen) atoms. The van der Waals surface area contributed by atoms with E-state index in [4.69, 9.17) is 11.6 Å². The second-order valence-electron chi connectivity index (χ2n) is 6.11. The molecular formula is C17H17ClN6O3S. The fourth-order valence-corrected chi connectivity index (χ4v) is 3.65. The Hall–Kier alpha value is -2.72. The van der Waals surface area contributed by atoms with E-state index in [1.165, 1.54) is 16.4 Å². The zero-order valence-corrected chi connectivity index (χ0v) is 17.0. The maximum absolute atomic E-state index is 12.3. The molecule has 11 heteroatoms. The van der Waals surface area contributed by atoms with Crippen LogP contribution in [0.25, 0.3) is 0 Å². The lowest BCUT2D eigenvalue weighted by Gasteiger charge is -2.05. The highest BCUT2D eigenvalue weighted by atomic mass is 35.5. The Morgan fingerprint density at radius 2 is 1.93 bits per heavy atom. The van der Waals surface area contributed by atoms with Crippen LogP contribution < -0.4 is 0 Å². The average Bonchev–Trinajstić information content (AvgIpc) is 3.13. The maximum atomic E-state index is 12.3. The van der Waals surface area contributed by atoms with Crippen LogP contribution in [0.4, 0.5) is 5.69 Å². The first kappa shape index (κ1) is 20.0. The van der Waals surface area contributed by atoms with E-state index in [0.29, 0.717) is 33.0 Å². The van der Waals surface area contributed by atoms with Gasteiger partial charge in [-0.05, 0) is 38.1 Å². The lowest BCUT2D eigenvalue weighted by atomic mass is 10.1. The number of hydrogen-bond acceptors (Lipinski definition) is 7. The molecule has 0 saturated heterocycles. The highest BCUT2D eigenvalue weighted by Crippen LogP contribution is 2.23. The molecule has 2 heterocycles. The van der Waals surface area contributed by atoms with Crippen LogP contribution >= 0.6 is 23.4 Å². The minimum atomic E-state index is -0.436. The first-order chi connectivity index (χ1) is 13.3.